The molecule has 0 fully saturated rings. The zero-order chi connectivity index (χ0) is 10.7. The maximum atomic E-state index is 10.5. The summed E-state index contributed by atoms with van der Waals surface area (Å²) in [6, 6.07) is 2.91. The summed E-state index contributed by atoms with van der Waals surface area (Å²) in [6.45, 7) is 3.97. The van der Waals surface area contributed by atoms with Gasteiger partial charge < -0.3 is 0 Å². The van der Waals surface area contributed by atoms with Crippen LogP contribution in [0.2, 0.25) is 0 Å². The molecule has 0 radical (unpaired) electrons. The number of aromatic nitrogens is 1. The van der Waals surface area contributed by atoms with Crippen molar-refractivity contribution >= 4 is 21.6 Å². The highest BCUT2D eigenvalue weighted by Crippen LogP contribution is 2.24. The highest BCUT2D eigenvalue weighted by atomic mass is 79.9. The van der Waals surface area contributed by atoms with Gasteiger partial charge >= 0.3 is 0 Å². The summed E-state index contributed by atoms with van der Waals surface area (Å²) in [5.74, 6) is 0.162. The average molecular weight is 259 g/mol. The van der Waals surface area contributed by atoms with E-state index < -0.39 is 4.92 Å². The number of hydrogen-bond donors (Lipinski definition) is 0. The standard InChI is InChI=1S/C9H11BrN2O2/c1-6(7(2)10)9-5-8(12(13)14)3-4-11-9/h3-7H,1-2H3. The van der Waals surface area contributed by atoms with Gasteiger partial charge in [0.2, 0.25) is 0 Å². The molecular formula is C9H11BrN2O2. The Balaban J connectivity index is 2.99. The van der Waals surface area contributed by atoms with Gasteiger partial charge in [0.05, 0.1) is 10.6 Å². The summed E-state index contributed by atoms with van der Waals surface area (Å²) >= 11 is 3.43. The van der Waals surface area contributed by atoms with Gasteiger partial charge in [0.15, 0.2) is 0 Å². The van der Waals surface area contributed by atoms with Gasteiger partial charge in [-0.15, -0.1) is 0 Å². The van der Waals surface area contributed by atoms with Gasteiger partial charge in [-0.25, -0.2) is 0 Å². The largest absolute Gasteiger partial charge is 0.272 e. The molecule has 2 atom stereocenters. The summed E-state index contributed by atoms with van der Waals surface area (Å²) in [7, 11) is 0. The van der Waals surface area contributed by atoms with Crippen LogP contribution in [0.25, 0.3) is 0 Å². The van der Waals surface area contributed by atoms with Crippen LogP contribution in [0.15, 0.2) is 18.3 Å². The number of alkyl halides is 1. The van der Waals surface area contributed by atoms with Crippen molar-refractivity contribution in [2.45, 2.75) is 24.6 Å². The number of nitro groups is 1. The summed E-state index contributed by atoms with van der Waals surface area (Å²) < 4.78 is 0. The topological polar surface area (TPSA) is 56.0 Å². The van der Waals surface area contributed by atoms with Gasteiger partial charge in [-0.3, -0.25) is 15.1 Å². The number of rotatable bonds is 3. The number of halogens is 1. The molecule has 1 rings (SSSR count). The molecule has 0 aliphatic rings. The van der Waals surface area contributed by atoms with E-state index >= 15 is 0 Å². The maximum Gasteiger partial charge on any atom is 0.272 e. The SMILES string of the molecule is CC(Br)C(C)c1cc([N+](=O)[O-])ccn1. The van der Waals surface area contributed by atoms with Crippen LogP contribution in [0.1, 0.15) is 25.5 Å². The van der Waals surface area contributed by atoms with E-state index in [4.69, 9.17) is 0 Å². The third-order valence-corrected chi connectivity index (χ3v) is 2.92. The fraction of sp³-hybridized carbons (Fsp3) is 0.444. The van der Waals surface area contributed by atoms with E-state index in [9.17, 15) is 10.1 Å². The molecule has 0 N–H and O–H groups in total. The van der Waals surface area contributed by atoms with Gasteiger partial charge in [0.25, 0.3) is 5.69 Å². The number of hydrogen-bond acceptors (Lipinski definition) is 3. The van der Waals surface area contributed by atoms with Gasteiger partial charge in [-0.2, -0.15) is 0 Å². The lowest BCUT2D eigenvalue weighted by Gasteiger charge is -2.12. The molecule has 0 saturated carbocycles. The van der Waals surface area contributed by atoms with Crippen molar-refractivity contribution in [2.75, 3.05) is 0 Å². The summed E-state index contributed by atoms with van der Waals surface area (Å²) in [5, 5.41) is 10.5. The fourth-order valence-corrected chi connectivity index (χ4v) is 1.31. The van der Waals surface area contributed by atoms with E-state index in [1.54, 1.807) is 0 Å². The highest BCUT2D eigenvalue weighted by Gasteiger charge is 2.15. The number of nitrogens with zero attached hydrogens (tertiary/aromatic N) is 2. The van der Waals surface area contributed by atoms with E-state index in [1.807, 2.05) is 13.8 Å². The van der Waals surface area contributed by atoms with Crippen molar-refractivity contribution in [1.82, 2.24) is 4.98 Å². The molecule has 0 spiro atoms. The van der Waals surface area contributed by atoms with Crippen molar-refractivity contribution in [3.8, 4) is 0 Å². The van der Waals surface area contributed by atoms with Crippen LogP contribution in [0, 0.1) is 10.1 Å². The molecule has 0 saturated heterocycles. The van der Waals surface area contributed by atoms with Crippen LogP contribution in [0.3, 0.4) is 0 Å². The van der Waals surface area contributed by atoms with Crippen LogP contribution < -0.4 is 0 Å². The Morgan fingerprint density at radius 2 is 2.21 bits per heavy atom. The van der Waals surface area contributed by atoms with Crippen molar-refractivity contribution in [2.24, 2.45) is 0 Å². The first kappa shape index (κ1) is 11.1. The van der Waals surface area contributed by atoms with Crippen molar-refractivity contribution in [1.29, 1.82) is 0 Å². The molecule has 1 aromatic rings. The second-order valence-corrected chi connectivity index (χ2v) is 4.61. The molecule has 1 aromatic heterocycles. The quantitative estimate of drug-likeness (QED) is 0.476. The van der Waals surface area contributed by atoms with E-state index in [1.165, 1.54) is 18.3 Å². The van der Waals surface area contributed by atoms with Crippen LogP contribution >= 0.6 is 15.9 Å². The van der Waals surface area contributed by atoms with Gasteiger partial charge in [-0.1, -0.05) is 29.8 Å². The van der Waals surface area contributed by atoms with Gasteiger partial charge in [-0.05, 0) is 0 Å². The monoisotopic (exact) mass is 258 g/mol. The molecule has 0 bridgehead atoms. The predicted octanol–water partition coefficient (Wildman–Crippen LogP) is 2.88. The molecule has 1 heterocycles. The Labute approximate surface area is 90.6 Å². The van der Waals surface area contributed by atoms with Crippen LogP contribution in [-0.4, -0.2) is 14.7 Å². The van der Waals surface area contributed by atoms with Crippen LogP contribution in [0.5, 0.6) is 0 Å². The van der Waals surface area contributed by atoms with Gasteiger partial charge in [0.1, 0.15) is 0 Å². The van der Waals surface area contributed by atoms with Crippen molar-refractivity contribution in [3.63, 3.8) is 0 Å². The molecule has 76 valence electrons. The molecule has 2 unspecified atom stereocenters. The fourth-order valence-electron chi connectivity index (χ4n) is 1.03. The lowest BCUT2D eigenvalue weighted by molar-refractivity contribution is -0.385. The maximum absolute atomic E-state index is 10.5. The summed E-state index contributed by atoms with van der Waals surface area (Å²) in [5.41, 5.74) is 0.832. The molecule has 0 aliphatic carbocycles. The third-order valence-electron chi connectivity index (χ3n) is 2.13. The van der Waals surface area contributed by atoms with Crippen molar-refractivity contribution in [3.05, 3.63) is 34.1 Å². The molecule has 5 heteroatoms. The van der Waals surface area contributed by atoms with Crippen LogP contribution in [-0.2, 0) is 0 Å². The predicted molar refractivity (Wildman–Crippen MR) is 57.7 cm³/mol. The minimum Gasteiger partial charge on any atom is -0.260 e. The van der Waals surface area contributed by atoms with Crippen molar-refractivity contribution < 1.29 is 4.92 Å². The summed E-state index contributed by atoms with van der Waals surface area (Å²) in [4.78, 5) is 14.5. The van der Waals surface area contributed by atoms with E-state index in [0.29, 0.717) is 0 Å². The Bertz CT molecular complexity index is 341. The molecule has 14 heavy (non-hydrogen) atoms. The Morgan fingerprint density at radius 1 is 1.57 bits per heavy atom. The lowest BCUT2D eigenvalue weighted by Crippen LogP contribution is -2.06. The normalized spacial score (nSPS) is 14.8. The molecular weight excluding hydrogens is 248 g/mol. The number of pyridine rings is 1. The molecule has 0 aromatic carbocycles. The zero-order valence-corrected chi connectivity index (χ0v) is 9.56. The zero-order valence-electron chi connectivity index (χ0n) is 7.98. The molecule has 0 amide bonds. The Kier molecular flexibility index (Phi) is 3.57. The highest BCUT2D eigenvalue weighted by molar-refractivity contribution is 9.09. The van der Waals surface area contributed by atoms with Crippen LogP contribution in [0.4, 0.5) is 5.69 Å². The Morgan fingerprint density at radius 3 is 2.71 bits per heavy atom. The first-order valence-electron chi connectivity index (χ1n) is 4.26. The second-order valence-electron chi connectivity index (χ2n) is 3.16. The second kappa shape index (κ2) is 4.50. The minimum absolute atomic E-state index is 0.0926. The lowest BCUT2D eigenvalue weighted by atomic mass is 10.0. The molecule has 4 nitrogen and oxygen atoms in total. The van der Waals surface area contributed by atoms with E-state index in [-0.39, 0.29) is 16.4 Å². The van der Waals surface area contributed by atoms with E-state index in [0.717, 1.165) is 5.69 Å². The first-order chi connectivity index (χ1) is 6.52. The molecule has 0 aliphatic heterocycles. The average Bonchev–Trinajstić information content (AvgIpc) is 2.16. The smallest absolute Gasteiger partial charge is 0.260 e. The Hall–Kier alpha value is -0.970. The third kappa shape index (κ3) is 2.51. The van der Waals surface area contributed by atoms with Gasteiger partial charge in [0, 0.05) is 29.1 Å². The summed E-state index contributed by atoms with van der Waals surface area (Å²) in [6.07, 6.45) is 1.47. The van der Waals surface area contributed by atoms with E-state index in [2.05, 4.69) is 20.9 Å². The first-order valence-corrected chi connectivity index (χ1v) is 5.18. The minimum atomic E-state index is -0.406.